The molecule has 1 aromatic carbocycles. The first kappa shape index (κ1) is 23.4. The van der Waals surface area contributed by atoms with E-state index in [4.69, 9.17) is 24.5 Å². The van der Waals surface area contributed by atoms with Gasteiger partial charge in [-0.3, -0.25) is 9.69 Å². The van der Waals surface area contributed by atoms with Gasteiger partial charge in [0.1, 0.15) is 5.75 Å². The van der Waals surface area contributed by atoms with Gasteiger partial charge in [-0.1, -0.05) is 6.07 Å². The standard InChI is InChI=1S/C19H24N2O2S.C2H2O4/c1-13-11-15-7-10-24-18(15)14(2)21(13)9-8-20-19(22)16-5-4-6-17(12-16)23-3;3-1(4)2(5)6/h4-7,10,12-14H,8-9,11H2,1-3H3,(H,20,22);(H,3,4)(H,5,6). The summed E-state index contributed by atoms with van der Waals surface area (Å²) < 4.78 is 5.17. The molecule has 30 heavy (non-hydrogen) atoms. The van der Waals surface area contributed by atoms with Crippen molar-refractivity contribution in [1.29, 1.82) is 0 Å². The molecule has 2 heterocycles. The number of methoxy groups -OCH3 is 1. The summed E-state index contributed by atoms with van der Waals surface area (Å²) in [5.74, 6) is -3.00. The zero-order valence-electron chi connectivity index (χ0n) is 17.1. The Hall–Kier alpha value is -2.91. The number of carbonyl (C=O) groups is 3. The molecule has 1 amide bonds. The van der Waals surface area contributed by atoms with Crippen LogP contribution in [0.5, 0.6) is 5.75 Å². The zero-order valence-corrected chi connectivity index (χ0v) is 17.9. The van der Waals surface area contributed by atoms with Crippen LogP contribution in [0.15, 0.2) is 35.7 Å². The third kappa shape index (κ3) is 6.04. The van der Waals surface area contributed by atoms with Gasteiger partial charge >= 0.3 is 11.9 Å². The molecule has 9 heteroatoms. The summed E-state index contributed by atoms with van der Waals surface area (Å²) in [5, 5.41) is 20.0. The summed E-state index contributed by atoms with van der Waals surface area (Å²) >= 11 is 1.84. The molecule has 0 bridgehead atoms. The van der Waals surface area contributed by atoms with E-state index in [0.717, 1.165) is 13.0 Å². The third-order valence-corrected chi connectivity index (χ3v) is 6.04. The Bertz CT molecular complexity index is 885. The van der Waals surface area contributed by atoms with Crippen molar-refractivity contribution in [3.05, 3.63) is 51.7 Å². The van der Waals surface area contributed by atoms with Gasteiger partial charge in [0.05, 0.1) is 7.11 Å². The van der Waals surface area contributed by atoms with Crippen LogP contribution in [0.2, 0.25) is 0 Å². The number of hydrogen-bond donors (Lipinski definition) is 3. The van der Waals surface area contributed by atoms with E-state index in [2.05, 4.69) is 35.5 Å². The highest BCUT2D eigenvalue weighted by molar-refractivity contribution is 7.10. The fourth-order valence-electron chi connectivity index (χ4n) is 3.43. The molecule has 0 fully saturated rings. The van der Waals surface area contributed by atoms with Crippen molar-refractivity contribution in [3.63, 3.8) is 0 Å². The first-order valence-corrected chi connectivity index (χ1v) is 10.3. The smallest absolute Gasteiger partial charge is 0.414 e. The van der Waals surface area contributed by atoms with Crippen molar-refractivity contribution in [2.45, 2.75) is 32.4 Å². The largest absolute Gasteiger partial charge is 0.497 e. The molecule has 1 aliphatic heterocycles. The van der Waals surface area contributed by atoms with Gasteiger partial charge in [0, 0.05) is 35.6 Å². The lowest BCUT2D eigenvalue weighted by Gasteiger charge is -2.38. The highest BCUT2D eigenvalue weighted by Gasteiger charge is 2.29. The fourth-order valence-corrected chi connectivity index (χ4v) is 4.44. The number of benzene rings is 1. The van der Waals surface area contributed by atoms with Gasteiger partial charge in [0.25, 0.3) is 5.91 Å². The van der Waals surface area contributed by atoms with Crippen LogP contribution >= 0.6 is 11.3 Å². The van der Waals surface area contributed by atoms with Gasteiger partial charge in [0.2, 0.25) is 0 Å². The number of carboxylic acid groups (broad SMARTS) is 2. The molecule has 0 aliphatic carbocycles. The quantitative estimate of drug-likeness (QED) is 0.620. The predicted molar refractivity (Wildman–Crippen MR) is 113 cm³/mol. The second kappa shape index (κ2) is 10.7. The maximum atomic E-state index is 12.3. The molecule has 162 valence electrons. The van der Waals surface area contributed by atoms with Crippen molar-refractivity contribution in [1.82, 2.24) is 10.2 Å². The number of amides is 1. The Kier molecular flexibility index (Phi) is 8.37. The molecule has 2 unspecified atom stereocenters. The van der Waals surface area contributed by atoms with Crippen LogP contribution in [-0.2, 0) is 16.0 Å². The summed E-state index contributed by atoms with van der Waals surface area (Å²) in [7, 11) is 1.61. The molecule has 1 aromatic heterocycles. The van der Waals surface area contributed by atoms with E-state index in [0.29, 0.717) is 29.9 Å². The second-order valence-corrected chi connectivity index (χ2v) is 7.82. The van der Waals surface area contributed by atoms with Gasteiger partial charge in [-0.05, 0) is 55.5 Å². The molecule has 0 radical (unpaired) electrons. The molecule has 0 saturated heterocycles. The van der Waals surface area contributed by atoms with Gasteiger partial charge in [-0.15, -0.1) is 11.3 Å². The van der Waals surface area contributed by atoms with Gasteiger partial charge in [0.15, 0.2) is 0 Å². The van der Waals surface area contributed by atoms with E-state index in [-0.39, 0.29) is 5.91 Å². The fraction of sp³-hybridized carbons (Fsp3) is 0.381. The number of carbonyl (C=O) groups excluding carboxylic acids is 1. The second-order valence-electron chi connectivity index (χ2n) is 6.88. The van der Waals surface area contributed by atoms with Crippen LogP contribution in [0.1, 0.15) is 40.7 Å². The minimum Gasteiger partial charge on any atom is -0.497 e. The van der Waals surface area contributed by atoms with Crippen molar-refractivity contribution in [2.24, 2.45) is 0 Å². The average molecular weight is 435 g/mol. The van der Waals surface area contributed by atoms with E-state index in [9.17, 15) is 4.79 Å². The van der Waals surface area contributed by atoms with E-state index >= 15 is 0 Å². The molecule has 1 aliphatic rings. The Labute approximate surface area is 179 Å². The molecule has 2 aromatic rings. The number of hydrogen-bond acceptors (Lipinski definition) is 6. The monoisotopic (exact) mass is 434 g/mol. The number of fused-ring (bicyclic) bond motifs is 1. The Balaban J connectivity index is 0.000000469. The van der Waals surface area contributed by atoms with E-state index in [1.165, 1.54) is 10.4 Å². The summed E-state index contributed by atoms with van der Waals surface area (Å²) in [4.78, 5) is 34.4. The highest BCUT2D eigenvalue weighted by Crippen LogP contribution is 2.35. The van der Waals surface area contributed by atoms with Crippen LogP contribution in [0.4, 0.5) is 0 Å². The first-order chi connectivity index (χ1) is 14.2. The molecule has 0 spiro atoms. The third-order valence-electron chi connectivity index (χ3n) is 4.91. The maximum absolute atomic E-state index is 12.3. The highest BCUT2D eigenvalue weighted by atomic mass is 32.1. The van der Waals surface area contributed by atoms with E-state index in [1.54, 1.807) is 13.2 Å². The minimum atomic E-state index is -1.82. The number of rotatable bonds is 5. The molecule has 3 rings (SSSR count). The molecule has 8 nitrogen and oxygen atoms in total. The number of thiophene rings is 1. The summed E-state index contributed by atoms with van der Waals surface area (Å²) in [5.41, 5.74) is 2.12. The number of nitrogens with one attached hydrogen (secondary N) is 1. The van der Waals surface area contributed by atoms with Gasteiger partial charge < -0.3 is 20.3 Å². The van der Waals surface area contributed by atoms with Crippen LogP contribution in [0, 0.1) is 0 Å². The topological polar surface area (TPSA) is 116 Å². The molecule has 3 N–H and O–H groups in total. The summed E-state index contributed by atoms with van der Waals surface area (Å²) in [6.07, 6.45) is 1.09. The van der Waals surface area contributed by atoms with Gasteiger partial charge in [-0.25, -0.2) is 9.59 Å². The number of ether oxygens (including phenoxy) is 1. The lowest BCUT2D eigenvalue weighted by molar-refractivity contribution is -0.159. The molecule has 2 atom stereocenters. The van der Waals surface area contributed by atoms with Crippen LogP contribution in [0.3, 0.4) is 0 Å². The van der Waals surface area contributed by atoms with Gasteiger partial charge in [-0.2, -0.15) is 0 Å². The molecular formula is C21H26N2O6S. The van der Waals surface area contributed by atoms with Crippen molar-refractivity contribution >= 4 is 29.2 Å². The lowest BCUT2D eigenvalue weighted by Crippen LogP contribution is -2.44. The Morgan fingerprint density at radius 1 is 1.20 bits per heavy atom. The van der Waals surface area contributed by atoms with Crippen molar-refractivity contribution < 1.29 is 29.3 Å². The summed E-state index contributed by atoms with van der Waals surface area (Å²) in [6, 6.07) is 10.4. The molecular weight excluding hydrogens is 408 g/mol. The van der Waals surface area contributed by atoms with Crippen LogP contribution < -0.4 is 10.1 Å². The lowest BCUT2D eigenvalue weighted by atomic mass is 9.97. The number of nitrogens with zero attached hydrogens (tertiary/aromatic N) is 1. The summed E-state index contributed by atoms with van der Waals surface area (Å²) in [6.45, 7) is 6.02. The molecule has 0 saturated carbocycles. The van der Waals surface area contributed by atoms with Crippen LogP contribution in [0.25, 0.3) is 0 Å². The first-order valence-electron chi connectivity index (χ1n) is 9.45. The minimum absolute atomic E-state index is 0.0528. The van der Waals surface area contributed by atoms with E-state index < -0.39 is 11.9 Å². The Morgan fingerprint density at radius 2 is 1.90 bits per heavy atom. The Morgan fingerprint density at radius 3 is 2.53 bits per heavy atom. The maximum Gasteiger partial charge on any atom is 0.414 e. The van der Waals surface area contributed by atoms with E-state index in [1.807, 2.05) is 29.5 Å². The predicted octanol–water partition coefficient (Wildman–Crippen LogP) is 2.65. The number of carboxylic acids is 2. The average Bonchev–Trinajstić information content (AvgIpc) is 3.19. The number of aliphatic carboxylic acids is 2. The van der Waals surface area contributed by atoms with Crippen molar-refractivity contribution in [2.75, 3.05) is 20.2 Å². The zero-order chi connectivity index (χ0) is 22.3. The van der Waals surface area contributed by atoms with Crippen molar-refractivity contribution in [3.8, 4) is 5.75 Å². The SMILES string of the molecule is COc1cccc(C(=O)NCCN2C(C)Cc3ccsc3C2C)c1.O=C(O)C(=O)O. The van der Waals surface area contributed by atoms with Crippen LogP contribution in [-0.4, -0.2) is 59.2 Å². The normalized spacial score (nSPS) is 17.8.